The fourth-order valence-electron chi connectivity index (χ4n) is 2.36. The summed E-state index contributed by atoms with van der Waals surface area (Å²) >= 11 is 2.83. The number of carbonyl (C=O) groups excluding carboxylic acids is 1. The molecule has 0 aliphatic rings. The number of thiophene rings is 1. The highest BCUT2D eigenvalue weighted by Gasteiger charge is 2.15. The summed E-state index contributed by atoms with van der Waals surface area (Å²) in [6.45, 7) is 1.85. The number of hydrogen-bond donors (Lipinski definition) is 1. The van der Waals surface area contributed by atoms with Crippen LogP contribution in [0.1, 0.15) is 15.5 Å². The molecule has 0 spiro atoms. The van der Waals surface area contributed by atoms with Gasteiger partial charge in [-0.3, -0.25) is 4.79 Å². The Hall–Kier alpha value is -2.78. The molecule has 0 radical (unpaired) electrons. The fourth-order valence-corrected chi connectivity index (χ4v) is 3.86. The molecule has 0 bridgehead atoms. The van der Waals surface area contributed by atoms with E-state index in [-0.39, 0.29) is 5.91 Å². The molecule has 3 heterocycles. The third-order valence-electron chi connectivity index (χ3n) is 3.59. The molecule has 0 aliphatic carbocycles. The van der Waals surface area contributed by atoms with Gasteiger partial charge in [-0.2, -0.15) is 9.61 Å². The average molecular weight is 371 g/mol. The lowest BCUT2D eigenvalue weighted by Crippen LogP contribution is -2.11. The zero-order chi connectivity index (χ0) is 17.4. The maximum atomic E-state index is 12.3. The van der Waals surface area contributed by atoms with Crippen molar-refractivity contribution in [3.05, 3.63) is 46.4 Å². The first-order chi connectivity index (χ1) is 12.2. The van der Waals surface area contributed by atoms with Gasteiger partial charge in [0.25, 0.3) is 5.91 Å². The van der Waals surface area contributed by atoms with Gasteiger partial charge in [-0.05, 0) is 36.6 Å². The van der Waals surface area contributed by atoms with E-state index in [1.54, 1.807) is 17.7 Å². The number of carbonyl (C=O) groups is 1. The van der Waals surface area contributed by atoms with E-state index in [1.807, 2.05) is 36.6 Å². The molecule has 25 heavy (non-hydrogen) atoms. The van der Waals surface area contributed by atoms with Crippen LogP contribution in [0.4, 0.5) is 5.69 Å². The van der Waals surface area contributed by atoms with Gasteiger partial charge in [0.05, 0.1) is 17.7 Å². The number of nitrogens with one attached hydrogen (secondary N) is 1. The standard InChI is InChI=1S/C16H13N5O2S2/c1-9-18-19-16-21(9)20-15(25-16)10-5-6-12(23-2)11(8-10)17-14(22)13-4-3-7-24-13/h3-8H,1-2H3,(H,17,22). The monoisotopic (exact) mass is 371 g/mol. The average Bonchev–Trinajstić information content (AvgIpc) is 3.34. The van der Waals surface area contributed by atoms with Crippen LogP contribution in [-0.2, 0) is 0 Å². The molecule has 0 unspecified atom stereocenters. The SMILES string of the molecule is COc1ccc(-c2nn3c(C)nnc3s2)cc1NC(=O)c1cccs1. The molecule has 0 fully saturated rings. The van der Waals surface area contributed by atoms with E-state index in [4.69, 9.17) is 4.74 Å². The highest BCUT2D eigenvalue weighted by molar-refractivity contribution is 7.19. The molecule has 4 rings (SSSR count). The van der Waals surface area contributed by atoms with E-state index in [2.05, 4.69) is 20.6 Å². The summed E-state index contributed by atoms with van der Waals surface area (Å²) in [5, 5.41) is 18.2. The van der Waals surface area contributed by atoms with E-state index in [1.165, 1.54) is 22.7 Å². The second kappa shape index (κ2) is 6.26. The molecule has 3 aromatic heterocycles. The van der Waals surface area contributed by atoms with Gasteiger partial charge in [0.1, 0.15) is 10.8 Å². The third-order valence-corrected chi connectivity index (χ3v) is 5.40. The highest BCUT2D eigenvalue weighted by atomic mass is 32.1. The summed E-state index contributed by atoms with van der Waals surface area (Å²) < 4.78 is 7.06. The molecule has 7 nitrogen and oxygen atoms in total. The van der Waals surface area contributed by atoms with Gasteiger partial charge in [-0.1, -0.05) is 17.4 Å². The topological polar surface area (TPSA) is 81.4 Å². The molecular weight excluding hydrogens is 358 g/mol. The van der Waals surface area contributed by atoms with Crippen LogP contribution in [0.3, 0.4) is 0 Å². The lowest BCUT2D eigenvalue weighted by molar-refractivity contribution is 0.103. The van der Waals surface area contributed by atoms with Gasteiger partial charge in [0.15, 0.2) is 5.82 Å². The van der Waals surface area contributed by atoms with E-state index in [9.17, 15) is 4.79 Å². The number of fused-ring (bicyclic) bond motifs is 1. The maximum Gasteiger partial charge on any atom is 0.265 e. The molecule has 0 saturated heterocycles. The molecule has 1 aromatic carbocycles. The zero-order valence-electron chi connectivity index (χ0n) is 13.4. The third kappa shape index (κ3) is 2.87. The van der Waals surface area contributed by atoms with Crippen molar-refractivity contribution in [3.63, 3.8) is 0 Å². The number of hydrogen-bond acceptors (Lipinski definition) is 7. The Morgan fingerprint density at radius 1 is 1.28 bits per heavy atom. The summed E-state index contributed by atoms with van der Waals surface area (Å²) in [6.07, 6.45) is 0. The highest BCUT2D eigenvalue weighted by Crippen LogP contribution is 2.33. The van der Waals surface area contributed by atoms with Crippen LogP contribution < -0.4 is 10.1 Å². The lowest BCUT2D eigenvalue weighted by atomic mass is 10.2. The number of anilines is 1. The second-order valence-corrected chi connectivity index (χ2v) is 7.10. The van der Waals surface area contributed by atoms with Crippen molar-refractivity contribution in [2.45, 2.75) is 6.92 Å². The number of amides is 1. The number of rotatable bonds is 4. The Morgan fingerprint density at radius 3 is 2.88 bits per heavy atom. The molecular formula is C16H13N5O2S2. The van der Waals surface area contributed by atoms with E-state index in [0.29, 0.717) is 16.3 Å². The second-order valence-electron chi connectivity index (χ2n) is 5.20. The molecule has 0 saturated carbocycles. The summed E-state index contributed by atoms with van der Waals surface area (Å²) in [5.74, 6) is 1.16. The minimum absolute atomic E-state index is 0.167. The number of ether oxygens (including phenoxy) is 1. The predicted molar refractivity (Wildman–Crippen MR) is 97.7 cm³/mol. The van der Waals surface area contributed by atoms with Crippen molar-refractivity contribution in [1.29, 1.82) is 0 Å². The summed E-state index contributed by atoms with van der Waals surface area (Å²) in [4.78, 5) is 13.7. The Bertz CT molecular complexity index is 1050. The van der Waals surface area contributed by atoms with Crippen molar-refractivity contribution in [1.82, 2.24) is 19.8 Å². The molecule has 1 amide bonds. The Balaban J connectivity index is 1.71. The first kappa shape index (κ1) is 15.7. The first-order valence-corrected chi connectivity index (χ1v) is 9.07. The number of nitrogens with zero attached hydrogens (tertiary/aromatic N) is 4. The minimum atomic E-state index is -0.167. The van der Waals surface area contributed by atoms with Crippen LogP contribution in [0.15, 0.2) is 35.7 Å². The number of aromatic nitrogens is 4. The minimum Gasteiger partial charge on any atom is -0.495 e. The molecule has 0 atom stereocenters. The summed E-state index contributed by atoms with van der Waals surface area (Å²) in [7, 11) is 1.57. The molecule has 4 aromatic rings. The van der Waals surface area contributed by atoms with Crippen molar-refractivity contribution >= 4 is 39.2 Å². The molecule has 0 aliphatic heterocycles. The Labute approximate surface area is 150 Å². The van der Waals surface area contributed by atoms with Crippen molar-refractivity contribution in [2.24, 2.45) is 0 Å². The van der Waals surface area contributed by atoms with Crippen LogP contribution in [0.25, 0.3) is 15.5 Å². The lowest BCUT2D eigenvalue weighted by Gasteiger charge is -2.10. The normalized spacial score (nSPS) is 11.0. The first-order valence-electron chi connectivity index (χ1n) is 7.38. The van der Waals surface area contributed by atoms with Gasteiger partial charge < -0.3 is 10.1 Å². The van der Waals surface area contributed by atoms with Crippen LogP contribution in [-0.4, -0.2) is 32.8 Å². The van der Waals surface area contributed by atoms with Crippen molar-refractivity contribution < 1.29 is 9.53 Å². The van der Waals surface area contributed by atoms with E-state index < -0.39 is 0 Å². The quantitative estimate of drug-likeness (QED) is 0.594. The van der Waals surface area contributed by atoms with Gasteiger partial charge in [-0.15, -0.1) is 21.5 Å². The molecule has 9 heteroatoms. The summed E-state index contributed by atoms with van der Waals surface area (Å²) in [6, 6.07) is 9.19. The van der Waals surface area contributed by atoms with Gasteiger partial charge in [-0.25, -0.2) is 0 Å². The molecule has 126 valence electrons. The van der Waals surface area contributed by atoms with Gasteiger partial charge in [0.2, 0.25) is 4.96 Å². The summed E-state index contributed by atoms with van der Waals surface area (Å²) in [5.41, 5.74) is 1.47. The van der Waals surface area contributed by atoms with Gasteiger partial charge in [0, 0.05) is 5.56 Å². The Morgan fingerprint density at radius 2 is 2.16 bits per heavy atom. The van der Waals surface area contributed by atoms with Crippen LogP contribution in [0, 0.1) is 6.92 Å². The van der Waals surface area contributed by atoms with E-state index in [0.717, 1.165) is 21.4 Å². The van der Waals surface area contributed by atoms with Crippen molar-refractivity contribution in [2.75, 3.05) is 12.4 Å². The Kier molecular flexibility index (Phi) is 3.94. The number of methoxy groups -OCH3 is 1. The maximum absolute atomic E-state index is 12.3. The van der Waals surface area contributed by atoms with Crippen LogP contribution in [0.2, 0.25) is 0 Å². The number of aryl methyl sites for hydroxylation is 1. The van der Waals surface area contributed by atoms with Gasteiger partial charge >= 0.3 is 0 Å². The predicted octanol–water partition coefficient (Wildman–Crippen LogP) is 3.48. The van der Waals surface area contributed by atoms with E-state index >= 15 is 0 Å². The van der Waals surface area contributed by atoms with Crippen LogP contribution >= 0.6 is 22.7 Å². The zero-order valence-corrected chi connectivity index (χ0v) is 15.0. The fraction of sp³-hybridized carbons (Fsp3) is 0.125. The number of benzene rings is 1. The van der Waals surface area contributed by atoms with Crippen LogP contribution in [0.5, 0.6) is 5.75 Å². The smallest absolute Gasteiger partial charge is 0.265 e. The van der Waals surface area contributed by atoms with Crippen molar-refractivity contribution in [3.8, 4) is 16.3 Å². The largest absolute Gasteiger partial charge is 0.495 e. The molecule has 1 N–H and O–H groups in total.